The monoisotopic (exact) mass is 933 g/mol. The van der Waals surface area contributed by atoms with E-state index in [0.29, 0.717) is 24.5 Å². The molecular weight excluding hydrogens is 848 g/mol. The molecule has 1 saturated carbocycles. The fourth-order valence-corrected chi connectivity index (χ4v) is 8.74. The Labute approximate surface area is 410 Å². The first kappa shape index (κ1) is 56.8. The maximum Gasteiger partial charge on any atom is 0.219 e. The number of hydrogen-bond donors (Lipinski definition) is 3. The number of likely N-dealkylation sites (tertiary alicyclic amines) is 1. The molecule has 3 aliphatic heterocycles. The summed E-state index contributed by atoms with van der Waals surface area (Å²) in [7, 11) is 1.70. The van der Waals surface area contributed by atoms with Crippen molar-refractivity contribution in [2.45, 2.75) is 131 Å². The third-order valence-electron chi connectivity index (χ3n) is 13.0. The van der Waals surface area contributed by atoms with Gasteiger partial charge in [0.05, 0.1) is 17.9 Å². The van der Waals surface area contributed by atoms with Gasteiger partial charge in [0, 0.05) is 81.9 Å². The molecule has 1 aliphatic carbocycles. The van der Waals surface area contributed by atoms with Crippen molar-refractivity contribution in [3.05, 3.63) is 149 Å². The summed E-state index contributed by atoms with van der Waals surface area (Å²) in [6.45, 7) is 35.6. The molecule has 4 aliphatic rings. The number of benzene rings is 2. The molecule has 372 valence electrons. The van der Waals surface area contributed by atoms with E-state index in [9.17, 15) is 9.18 Å². The molecule has 0 radical (unpaired) electrons. The highest BCUT2D eigenvalue weighted by molar-refractivity contribution is 5.75. The van der Waals surface area contributed by atoms with Crippen LogP contribution in [0.4, 0.5) is 15.8 Å². The summed E-state index contributed by atoms with van der Waals surface area (Å²) in [6, 6.07) is 14.3. The van der Waals surface area contributed by atoms with Crippen molar-refractivity contribution in [2.24, 2.45) is 10.9 Å². The third-order valence-corrected chi connectivity index (χ3v) is 13.0. The van der Waals surface area contributed by atoms with E-state index in [1.807, 2.05) is 52.1 Å². The van der Waals surface area contributed by atoms with Crippen molar-refractivity contribution >= 4 is 24.0 Å². The molecule has 1 amide bonds. The van der Waals surface area contributed by atoms with Crippen LogP contribution < -0.4 is 20.9 Å². The highest BCUT2D eigenvalue weighted by Gasteiger charge is 2.32. The van der Waals surface area contributed by atoms with E-state index in [-0.39, 0.29) is 11.7 Å². The van der Waals surface area contributed by atoms with Gasteiger partial charge in [0.25, 0.3) is 0 Å². The van der Waals surface area contributed by atoms with Crippen molar-refractivity contribution in [2.75, 3.05) is 63.1 Å². The van der Waals surface area contributed by atoms with E-state index in [0.717, 1.165) is 130 Å². The molecule has 3 N–H and O–H groups in total. The van der Waals surface area contributed by atoms with Crippen molar-refractivity contribution in [3.63, 3.8) is 0 Å². The number of anilines is 2. The van der Waals surface area contributed by atoms with Crippen molar-refractivity contribution in [3.8, 4) is 0 Å². The number of carbonyl (C=O) groups excluding carboxylic acids is 1. The van der Waals surface area contributed by atoms with Gasteiger partial charge in [-0.3, -0.25) is 9.79 Å². The van der Waals surface area contributed by atoms with Crippen LogP contribution in [0.25, 0.3) is 0 Å². The number of nitrogens with one attached hydrogen (secondary N) is 3. The standard InChI is InChI=1S/C26H40N2O2.C18H25N3O.C10H14FN.C4H6/c1-4-6-7-21(10-13-26(29)27-3)22-8-11-23(12-9-22)28-16-14-24(15-17-28)30-25-18-20(5-2)19-25;1-6-17(14(3)18-15(4)22-10-8-20-18)21-9-7-16(11-19-5)13(2)12-21;1-3-8-5-6-9(12-4-2)7-10(8)11;1-3-4-2/h6-9,11-12,20-21,24-25H,4-5,10,13-19H2,1-3H3,(H,27,29);6,11,20H,1-2,5,7-10,12H2,3-4H3;5-7,12H,3-4H2,1-2H3;4H,1H2,2H3/b7-6-;16-11-,17-14+;;. The van der Waals surface area contributed by atoms with E-state index in [1.54, 1.807) is 19.2 Å². The van der Waals surface area contributed by atoms with E-state index in [1.165, 1.54) is 36.1 Å². The second-order valence-corrected chi connectivity index (χ2v) is 17.7. The first-order valence-corrected chi connectivity index (χ1v) is 25.1. The summed E-state index contributed by atoms with van der Waals surface area (Å²) in [5.41, 5.74) is 12.4. The maximum absolute atomic E-state index is 13.1. The second kappa shape index (κ2) is 31.5. The molecule has 6 rings (SSSR count). The Morgan fingerprint density at radius 3 is 2.34 bits per heavy atom. The first-order chi connectivity index (χ1) is 32.9. The lowest BCUT2D eigenvalue weighted by Gasteiger charge is -2.40. The van der Waals surface area contributed by atoms with Crippen LogP contribution in [-0.4, -0.2) is 82.7 Å². The minimum atomic E-state index is -0.115. The van der Waals surface area contributed by atoms with Gasteiger partial charge < -0.3 is 35.2 Å². The molecule has 0 bridgehead atoms. The zero-order valence-corrected chi connectivity index (χ0v) is 43.0. The van der Waals surface area contributed by atoms with Gasteiger partial charge in [0.1, 0.15) is 18.2 Å². The average Bonchev–Trinajstić information content (AvgIpc) is 3.34. The minimum absolute atomic E-state index is 0.110. The molecule has 3 fully saturated rings. The molecule has 2 aromatic carbocycles. The van der Waals surface area contributed by atoms with Crippen LogP contribution in [0.5, 0.6) is 0 Å². The van der Waals surface area contributed by atoms with Crippen LogP contribution in [0.1, 0.15) is 123 Å². The number of aryl methyl sites for hydroxylation is 1. The molecule has 0 spiro atoms. The van der Waals surface area contributed by atoms with Gasteiger partial charge >= 0.3 is 0 Å². The fraction of sp³-hybridized carbons (Fsp3) is 0.500. The summed E-state index contributed by atoms with van der Waals surface area (Å²) in [5, 5.41) is 9.22. The van der Waals surface area contributed by atoms with Crippen LogP contribution in [-0.2, 0) is 20.7 Å². The zero-order valence-electron chi connectivity index (χ0n) is 43.0. The van der Waals surface area contributed by atoms with Crippen molar-refractivity contribution in [1.29, 1.82) is 0 Å². The Balaban J connectivity index is 0.000000281. The number of hydrogen-bond acceptors (Lipinski definition) is 8. The summed E-state index contributed by atoms with van der Waals surface area (Å²) in [6.07, 6.45) is 21.1. The molecule has 9 nitrogen and oxygen atoms in total. The van der Waals surface area contributed by atoms with Gasteiger partial charge in [0.2, 0.25) is 5.91 Å². The lowest BCUT2D eigenvalue weighted by molar-refractivity contribution is -0.120. The number of ether oxygens (including phenoxy) is 2. The Morgan fingerprint density at radius 2 is 1.79 bits per heavy atom. The minimum Gasteiger partial charge on any atom is -0.494 e. The number of piperidine rings is 2. The number of halogens is 1. The summed E-state index contributed by atoms with van der Waals surface area (Å²) < 4.78 is 25.1. The number of carbonyl (C=O) groups is 1. The van der Waals surface area contributed by atoms with Crippen molar-refractivity contribution < 1.29 is 18.7 Å². The van der Waals surface area contributed by atoms with Gasteiger partial charge in [-0.05, 0) is 156 Å². The first-order valence-electron chi connectivity index (χ1n) is 25.1. The van der Waals surface area contributed by atoms with Crippen LogP contribution in [0.2, 0.25) is 0 Å². The van der Waals surface area contributed by atoms with Gasteiger partial charge in [-0.2, -0.15) is 0 Å². The predicted molar refractivity (Wildman–Crippen MR) is 287 cm³/mol. The Bertz CT molecular complexity index is 2070. The number of nitrogens with zero attached hydrogens (tertiary/aromatic N) is 3. The molecular formula is C58H85FN6O3. The lowest BCUT2D eigenvalue weighted by atomic mass is 9.80. The highest BCUT2D eigenvalue weighted by atomic mass is 19.1. The van der Waals surface area contributed by atoms with E-state index in [4.69, 9.17) is 9.47 Å². The number of aliphatic imine (C=N–C) groups is 1. The average molecular weight is 933 g/mol. The van der Waals surface area contributed by atoms with E-state index in [2.05, 4.69) is 120 Å². The summed E-state index contributed by atoms with van der Waals surface area (Å²) >= 11 is 0. The largest absolute Gasteiger partial charge is 0.494 e. The topological polar surface area (TPSA) is 90.5 Å². The normalized spacial score (nSPS) is 19.4. The molecule has 10 heteroatoms. The van der Waals surface area contributed by atoms with E-state index < -0.39 is 0 Å². The molecule has 68 heavy (non-hydrogen) atoms. The maximum atomic E-state index is 13.1. The SMILES string of the molecule is C=C/C(=C(/C)C1=C(C)OCCN1)N1CC/C(=C/N=C)C(=C)C1.C=C=CC.CC/C=C\C(CCC(=O)NC)c1ccc(N2CCC(OC3CC(CC)C3)CC2)cc1.CCNc1ccc(CC)c(F)c1. The Morgan fingerprint density at radius 1 is 1.09 bits per heavy atom. The van der Waals surface area contributed by atoms with Crippen LogP contribution in [0.3, 0.4) is 0 Å². The quantitative estimate of drug-likeness (QED) is 0.0630. The fourth-order valence-electron chi connectivity index (χ4n) is 8.74. The van der Waals surface area contributed by atoms with Crippen LogP contribution >= 0.6 is 0 Å². The van der Waals surface area contributed by atoms with Gasteiger partial charge in [0.15, 0.2) is 0 Å². The smallest absolute Gasteiger partial charge is 0.219 e. The lowest BCUT2D eigenvalue weighted by Crippen LogP contribution is -2.41. The predicted octanol–water partition coefficient (Wildman–Crippen LogP) is 12.7. The Hall–Kier alpha value is -5.57. The number of amides is 1. The van der Waals surface area contributed by atoms with Crippen LogP contribution in [0.15, 0.2) is 137 Å². The van der Waals surface area contributed by atoms with Crippen LogP contribution in [0, 0.1) is 11.7 Å². The highest BCUT2D eigenvalue weighted by Crippen LogP contribution is 2.35. The zero-order chi connectivity index (χ0) is 49.8. The third kappa shape index (κ3) is 18.5. The van der Waals surface area contributed by atoms with Gasteiger partial charge in [-0.15, -0.1) is 5.73 Å². The summed E-state index contributed by atoms with van der Waals surface area (Å²) in [4.78, 5) is 20.3. The Kier molecular flexibility index (Phi) is 26.3. The molecule has 1 atom stereocenters. The number of rotatable bonds is 17. The van der Waals surface area contributed by atoms with Crippen molar-refractivity contribution in [1.82, 2.24) is 15.5 Å². The molecule has 0 aromatic heterocycles. The second-order valence-electron chi connectivity index (χ2n) is 17.7. The molecule has 1 unspecified atom stereocenters. The van der Waals surface area contributed by atoms with Gasteiger partial charge in [-0.25, -0.2) is 4.39 Å². The molecule has 2 saturated heterocycles. The molecule has 3 heterocycles. The summed E-state index contributed by atoms with van der Waals surface area (Å²) in [5.74, 6) is 2.14. The number of allylic oxidation sites excluding steroid dienone is 6. The molecule has 2 aromatic rings. The van der Waals surface area contributed by atoms with E-state index >= 15 is 0 Å². The van der Waals surface area contributed by atoms with Gasteiger partial charge in [-0.1, -0.05) is 77.3 Å².